The molecule has 0 radical (unpaired) electrons. The summed E-state index contributed by atoms with van der Waals surface area (Å²) in [6.07, 6.45) is -1.35. The molecule has 0 saturated carbocycles. The minimum Gasteiger partial charge on any atom is -0.459 e. The highest BCUT2D eigenvalue weighted by atomic mass is 16.7. The third-order valence-electron chi connectivity index (χ3n) is 12.1. The number of hydroxylamine groups is 1. The summed E-state index contributed by atoms with van der Waals surface area (Å²) in [6.45, 7) is 15.6. The fourth-order valence-corrected chi connectivity index (χ4v) is 9.18. The fourth-order valence-electron chi connectivity index (χ4n) is 9.18. The van der Waals surface area contributed by atoms with Crippen molar-refractivity contribution >= 4 is 5.97 Å². The van der Waals surface area contributed by atoms with Crippen molar-refractivity contribution in [2.75, 3.05) is 20.7 Å². The van der Waals surface area contributed by atoms with Gasteiger partial charge in [0, 0.05) is 36.5 Å². The number of cyclic esters (lactones) is 1. The van der Waals surface area contributed by atoms with E-state index in [0.29, 0.717) is 25.7 Å². The Morgan fingerprint density at radius 2 is 1.84 bits per heavy atom. The van der Waals surface area contributed by atoms with E-state index in [-0.39, 0.29) is 48.8 Å². The SMILES string of the molecule is CC[C@H]1OC(=O)[C@H](C)[C@@H](OCC2CC(c3ccccn3)NO2)[C@H](C)[C@@H](OC2O[C@H](C)C[C@H](N(C)C)[C@H]2O)[C@](C)(O)C[C@@H](C)[C@@H]2OC1(C)[C@@H](N)[C@H]2C. The van der Waals surface area contributed by atoms with Gasteiger partial charge in [-0.05, 0) is 79.1 Å². The molecular weight excluding hydrogens is 656 g/mol. The lowest BCUT2D eigenvalue weighted by atomic mass is 9.75. The van der Waals surface area contributed by atoms with Crippen molar-refractivity contribution < 1.29 is 43.5 Å². The van der Waals surface area contributed by atoms with Crippen LogP contribution in [0.2, 0.25) is 0 Å². The van der Waals surface area contributed by atoms with Crippen molar-refractivity contribution in [1.82, 2.24) is 15.4 Å². The summed E-state index contributed by atoms with van der Waals surface area (Å²) in [5, 5.41) is 24.1. The van der Waals surface area contributed by atoms with Gasteiger partial charge in [-0.25, -0.2) is 0 Å². The molecule has 51 heavy (non-hydrogen) atoms. The Morgan fingerprint density at radius 3 is 2.49 bits per heavy atom. The van der Waals surface area contributed by atoms with Gasteiger partial charge in [0.1, 0.15) is 23.9 Å². The summed E-state index contributed by atoms with van der Waals surface area (Å²) in [7, 11) is 3.84. The van der Waals surface area contributed by atoms with E-state index >= 15 is 0 Å². The Hall–Kier alpha value is -1.78. The van der Waals surface area contributed by atoms with Crippen LogP contribution in [-0.2, 0) is 33.3 Å². The number of hydrogen-bond donors (Lipinski definition) is 4. The first kappa shape index (κ1) is 40.4. The van der Waals surface area contributed by atoms with Crippen LogP contribution >= 0.6 is 0 Å². The molecule has 4 aliphatic rings. The van der Waals surface area contributed by atoms with Gasteiger partial charge in [0.25, 0.3) is 0 Å². The molecule has 0 aliphatic carbocycles. The molecule has 0 spiro atoms. The molecule has 17 atom stereocenters. The monoisotopic (exact) mass is 720 g/mol. The molecular formula is C38H64N4O9. The number of nitrogens with zero attached hydrogens (tertiary/aromatic N) is 2. The number of aliphatic hydroxyl groups is 2. The lowest BCUT2D eigenvalue weighted by Gasteiger charge is -2.47. The van der Waals surface area contributed by atoms with Crippen LogP contribution in [0.5, 0.6) is 0 Å². The van der Waals surface area contributed by atoms with Crippen molar-refractivity contribution in [1.29, 1.82) is 0 Å². The van der Waals surface area contributed by atoms with Crippen LogP contribution in [0, 0.1) is 23.7 Å². The molecule has 4 unspecified atom stereocenters. The van der Waals surface area contributed by atoms with Crippen LogP contribution in [0.3, 0.4) is 0 Å². The second-order valence-electron chi connectivity index (χ2n) is 16.5. The third kappa shape index (κ3) is 8.48. The summed E-state index contributed by atoms with van der Waals surface area (Å²) < 4.78 is 32.7. The highest BCUT2D eigenvalue weighted by Gasteiger charge is 2.57. The highest BCUT2D eigenvalue weighted by Crippen LogP contribution is 2.45. The first-order valence-electron chi connectivity index (χ1n) is 18.9. The van der Waals surface area contributed by atoms with E-state index in [0.717, 1.165) is 5.69 Å². The van der Waals surface area contributed by atoms with E-state index in [2.05, 4.69) is 24.3 Å². The van der Waals surface area contributed by atoms with Gasteiger partial charge in [-0.3, -0.25) is 14.6 Å². The Balaban J connectivity index is 1.49. The molecule has 290 valence electrons. The van der Waals surface area contributed by atoms with Gasteiger partial charge in [0.2, 0.25) is 0 Å². The molecule has 0 amide bonds. The Kier molecular flexibility index (Phi) is 12.9. The molecule has 4 saturated heterocycles. The zero-order chi connectivity index (χ0) is 37.4. The lowest BCUT2D eigenvalue weighted by molar-refractivity contribution is -0.300. The summed E-state index contributed by atoms with van der Waals surface area (Å²) >= 11 is 0. The number of ether oxygens (including phenoxy) is 5. The maximum atomic E-state index is 14.2. The van der Waals surface area contributed by atoms with Crippen molar-refractivity contribution in [3.63, 3.8) is 0 Å². The second-order valence-corrected chi connectivity index (χ2v) is 16.5. The van der Waals surface area contributed by atoms with Crippen LogP contribution in [-0.4, -0.2) is 119 Å². The average molecular weight is 721 g/mol. The number of nitrogens with one attached hydrogen (secondary N) is 1. The normalized spacial score (nSPS) is 47.0. The first-order chi connectivity index (χ1) is 24.0. The van der Waals surface area contributed by atoms with Gasteiger partial charge < -0.3 is 44.5 Å². The van der Waals surface area contributed by atoms with Gasteiger partial charge in [-0.1, -0.05) is 33.8 Å². The van der Waals surface area contributed by atoms with Crippen molar-refractivity contribution in [3.8, 4) is 0 Å². The van der Waals surface area contributed by atoms with Gasteiger partial charge in [-0.2, -0.15) is 5.48 Å². The zero-order valence-electron chi connectivity index (χ0n) is 32.2. The molecule has 4 aliphatic heterocycles. The number of aromatic nitrogens is 1. The molecule has 4 fully saturated rings. The maximum absolute atomic E-state index is 14.2. The number of likely N-dealkylation sites (N-methyl/N-ethyl adjacent to an activating group) is 1. The number of pyridine rings is 1. The Morgan fingerprint density at radius 1 is 1.12 bits per heavy atom. The summed E-state index contributed by atoms with van der Waals surface area (Å²) in [6, 6.07) is 5.02. The van der Waals surface area contributed by atoms with E-state index < -0.39 is 65.8 Å². The fraction of sp³-hybridized carbons (Fsp3) is 0.842. The lowest BCUT2D eigenvalue weighted by Crippen LogP contribution is -2.59. The van der Waals surface area contributed by atoms with E-state index in [9.17, 15) is 15.0 Å². The number of carbonyl (C=O) groups excluding carboxylic acids is 1. The van der Waals surface area contributed by atoms with Gasteiger partial charge >= 0.3 is 5.97 Å². The molecule has 5 heterocycles. The standard InChI is InChI=1S/C38H64N4O9/c1-11-29-38(8)33(39)22(4)31(50-38)20(2)18-37(7,45)34(49-36-30(43)28(42(9)10)16-21(3)47-36)23(5)32(24(6)35(44)48-29)46-19-25-17-27(41-51-25)26-14-12-13-15-40-26/h12-15,20-25,27-34,36,41,43,45H,11,16-19,39H2,1-10H3/t20-,21-,22+,23+,24-,25?,27?,28+,29-,30-,31+,32+,33+,34-,36?,37-,38?/m1/s1. The average Bonchev–Trinajstić information content (AvgIpc) is 3.65. The molecule has 1 aromatic rings. The largest absolute Gasteiger partial charge is 0.459 e. The smallest absolute Gasteiger partial charge is 0.311 e. The van der Waals surface area contributed by atoms with Crippen LogP contribution in [0.4, 0.5) is 0 Å². The number of fused-ring (bicyclic) bond motifs is 2. The van der Waals surface area contributed by atoms with Gasteiger partial charge in [-0.15, -0.1) is 0 Å². The number of carbonyl (C=O) groups is 1. The van der Waals surface area contributed by atoms with E-state index in [1.54, 1.807) is 20.0 Å². The van der Waals surface area contributed by atoms with Gasteiger partial charge in [0.05, 0.1) is 54.3 Å². The number of aliphatic hydroxyl groups excluding tert-OH is 1. The number of nitrogens with two attached hydrogens (primary N) is 1. The molecule has 5 rings (SSSR count). The maximum Gasteiger partial charge on any atom is 0.311 e. The molecule has 2 bridgehead atoms. The van der Waals surface area contributed by atoms with Gasteiger partial charge in [0.15, 0.2) is 6.29 Å². The van der Waals surface area contributed by atoms with Crippen LogP contribution in [0.15, 0.2) is 24.4 Å². The highest BCUT2D eigenvalue weighted by molar-refractivity contribution is 5.73. The summed E-state index contributed by atoms with van der Waals surface area (Å²) in [5.74, 6) is -2.03. The van der Waals surface area contributed by atoms with E-state index in [1.807, 2.05) is 64.9 Å². The summed E-state index contributed by atoms with van der Waals surface area (Å²) in [5.41, 5.74) is 8.40. The van der Waals surface area contributed by atoms with E-state index in [1.165, 1.54) is 0 Å². The second kappa shape index (κ2) is 16.3. The zero-order valence-corrected chi connectivity index (χ0v) is 32.2. The quantitative estimate of drug-likeness (QED) is 0.290. The number of hydrogen-bond acceptors (Lipinski definition) is 13. The van der Waals surface area contributed by atoms with Crippen LogP contribution < -0.4 is 11.2 Å². The number of rotatable bonds is 8. The van der Waals surface area contributed by atoms with E-state index in [4.69, 9.17) is 34.3 Å². The molecule has 13 heteroatoms. The minimum absolute atomic E-state index is 0.0677. The Bertz CT molecular complexity index is 1290. The predicted octanol–water partition coefficient (Wildman–Crippen LogP) is 3.12. The van der Waals surface area contributed by atoms with Crippen LogP contribution in [0.1, 0.15) is 92.8 Å². The molecule has 1 aromatic heterocycles. The van der Waals surface area contributed by atoms with Crippen molar-refractivity contribution in [2.45, 2.75) is 159 Å². The molecule has 13 nitrogen and oxygen atoms in total. The van der Waals surface area contributed by atoms with Crippen molar-refractivity contribution in [3.05, 3.63) is 30.1 Å². The topological polar surface area (TPSA) is 167 Å². The molecule has 0 aromatic carbocycles. The molecule has 5 N–H and O–H groups in total. The Labute approximate surface area is 304 Å². The third-order valence-corrected chi connectivity index (χ3v) is 12.1. The van der Waals surface area contributed by atoms with Crippen molar-refractivity contribution in [2.24, 2.45) is 29.4 Å². The first-order valence-corrected chi connectivity index (χ1v) is 18.9. The van der Waals surface area contributed by atoms with Crippen LogP contribution in [0.25, 0.3) is 0 Å². The number of esters is 1. The summed E-state index contributed by atoms with van der Waals surface area (Å²) in [4.78, 5) is 26.6. The minimum atomic E-state index is -1.47. The predicted molar refractivity (Wildman–Crippen MR) is 190 cm³/mol.